The summed E-state index contributed by atoms with van der Waals surface area (Å²) in [4.78, 5) is 16.9. The van der Waals surface area contributed by atoms with E-state index >= 15 is 0 Å². The van der Waals surface area contributed by atoms with Crippen molar-refractivity contribution >= 4 is 32.8 Å². The number of hydrogen-bond acceptors (Lipinski definition) is 3. The van der Waals surface area contributed by atoms with Crippen molar-refractivity contribution in [2.24, 2.45) is 0 Å². The summed E-state index contributed by atoms with van der Waals surface area (Å²) in [5.41, 5.74) is 3.03. The highest BCUT2D eigenvalue weighted by Crippen LogP contribution is 2.27. The van der Waals surface area contributed by atoms with Crippen LogP contribution in [0.2, 0.25) is 0 Å². The largest absolute Gasteiger partial charge is 0.462 e. The van der Waals surface area contributed by atoms with Gasteiger partial charge in [0, 0.05) is 15.4 Å². The minimum absolute atomic E-state index is 0.322. The van der Waals surface area contributed by atoms with Crippen molar-refractivity contribution in [3.63, 3.8) is 0 Å². The summed E-state index contributed by atoms with van der Waals surface area (Å²) in [5.74, 6) is -0.322. The predicted octanol–water partition coefficient (Wildman–Crippen LogP) is 4.84. The Morgan fingerprint density at radius 1 is 1.14 bits per heavy atom. The standard InChI is InChI=1S/C18H14BrNO2/c1-2-22-18(21)15-11-17(12-6-5-7-13(19)10-12)20-16-9-4-3-8-14(15)16/h3-11H,2H2,1H3. The Kier molecular flexibility index (Phi) is 4.20. The van der Waals surface area contributed by atoms with Gasteiger partial charge in [-0.15, -0.1) is 0 Å². The number of pyridine rings is 1. The molecule has 3 nitrogen and oxygen atoms in total. The molecule has 3 aromatic rings. The number of carbonyl (C=O) groups is 1. The van der Waals surface area contributed by atoms with E-state index in [2.05, 4.69) is 20.9 Å². The summed E-state index contributed by atoms with van der Waals surface area (Å²) < 4.78 is 6.14. The van der Waals surface area contributed by atoms with E-state index in [1.807, 2.05) is 48.5 Å². The van der Waals surface area contributed by atoms with Gasteiger partial charge in [-0.25, -0.2) is 9.78 Å². The van der Waals surface area contributed by atoms with Crippen molar-refractivity contribution in [1.29, 1.82) is 0 Å². The number of esters is 1. The highest BCUT2D eigenvalue weighted by molar-refractivity contribution is 9.10. The van der Waals surface area contributed by atoms with E-state index in [-0.39, 0.29) is 5.97 Å². The summed E-state index contributed by atoms with van der Waals surface area (Å²) in [6, 6.07) is 17.2. The molecule has 110 valence electrons. The third kappa shape index (κ3) is 2.88. The fraction of sp³-hybridized carbons (Fsp3) is 0.111. The maximum atomic E-state index is 12.2. The van der Waals surface area contributed by atoms with Gasteiger partial charge in [-0.05, 0) is 31.2 Å². The fourth-order valence-electron chi connectivity index (χ4n) is 2.35. The molecule has 0 atom stereocenters. The smallest absolute Gasteiger partial charge is 0.338 e. The molecule has 22 heavy (non-hydrogen) atoms. The van der Waals surface area contributed by atoms with Crippen molar-refractivity contribution in [2.45, 2.75) is 6.92 Å². The molecular weight excluding hydrogens is 342 g/mol. The molecule has 1 heterocycles. The summed E-state index contributed by atoms with van der Waals surface area (Å²) in [6.07, 6.45) is 0. The maximum absolute atomic E-state index is 12.2. The Hall–Kier alpha value is -2.20. The third-order valence-electron chi connectivity index (χ3n) is 3.33. The molecule has 0 N–H and O–H groups in total. The molecule has 0 radical (unpaired) electrons. The van der Waals surface area contributed by atoms with Gasteiger partial charge in [0.2, 0.25) is 0 Å². The lowest BCUT2D eigenvalue weighted by Crippen LogP contribution is -2.06. The topological polar surface area (TPSA) is 39.2 Å². The van der Waals surface area contributed by atoms with Crippen LogP contribution in [0.25, 0.3) is 22.2 Å². The average Bonchev–Trinajstić information content (AvgIpc) is 2.54. The van der Waals surface area contributed by atoms with Gasteiger partial charge in [-0.3, -0.25) is 0 Å². The van der Waals surface area contributed by atoms with Crippen LogP contribution in [0, 0.1) is 0 Å². The number of carbonyl (C=O) groups excluding carboxylic acids is 1. The molecule has 0 aliphatic heterocycles. The van der Waals surface area contributed by atoms with Crippen molar-refractivity contribution in [3.05, 3.63) is 64.6 Å². The van der Waals surface area contributed by atoms with Crippen LogP contribution in [-0.2, 0) is 4.74 Å². The molecule has 0 bridgehead atoms. The average molecular weight is 356 g/mol. The first-order chi connectivity index (χ1) is 10.7. The van der Waals surface area contributed by atoms with Gasteiger partial charge < -0.3 is 4.74 Å². The Morgan fingerprint density at radius 3 is 2.73 bits per heavy atom. The van der Waals surface area contributed by atoms with Crippen LogP contribution in [0.15, 0.2) is 59.1 Å². The molecule has 3 rings (SSSR count). The highest BCUT2D eigenvalue weighted by Gasteiger charge is 2.14. The van der Waals surface area contributed by atoms with Gasteiger partial charge in [0.05, 0.1) is 23.4 Å². The zero-order chi connectivity index (χ0) is 15.5. The van der Waals surface area contributed by atoms with Gasteiger partial charge in [0.25, 0.3) is 0 Å². The summed E-state index contributed by atoms with van der Waals surface area (Å²) in [5, 5.41) is 0.805. The van der Waals surface area contributed by atoms with Gasteiger partial charge in [-0.2, -0.15) is 0 Å². The van der Waals surface area contributed by atoms with E-state index in [4.69, 9.17) is 4.74 Å². The second kappa shape index (κ2) is 6.28. The van der Waals surface area contributed by atoms with Gasteiger partial charge in [-0.1, -0.05) is 46.3 Å². The molecule has 4 heteroatoms. The molecule has 2 aromatic carbocycles. The van der Waals surface area contributed by atoms with Crippen molar-refractivity contribution in [3.8, 4) is 11.3 Å². The lowest BCUT2D eigenvalue weighted by atomic mass is 10.0. The molecule has 0 saturated heterocycles. The maximum Gasteiger partial charge on any atom is 0.338 e. The first-order valence-corrected chi connectivity index (χ1v) is 7.81. The molecule has 1 aromatic heterocycles. The van der Waals surface area contributed by atoms with Crippen LogP contribution in [0.5, 0.6) is 0 Å². The SMILES string of the molecule is CCOC(=O)c1cc(-c2cccc(Br)c2)nc2ccccc12. The Labute approximate surface area is 137 Å². The normalized spacial score (nSPS) is 10.6. The molecule has 0 saturated carbocycles. The van der Waals surface area contributed by atoms with Crippen molar-refractivity contribution in [2.75, 3.05) is 6.61 Å². The van der Waals surface area contributed by atoms with E-state index in [0.717, 1.165) is 26.6 Å². The molecular formula is C18H14BrNO2. The number of aromatic nitrogens is 1. The van der Waals surface area contributed by atoms with Crippen LogP contribution in [0.4, 0.5) is 0 Å². The molecule has 0 amide bonds. The van der Waals surface area contributed by atoms with Crippen LogP contribution in [0.1, 0.15) is 17.3 Å². The molecule has 0 unspecified atom stereocenters. The van der Waals surface area contributed by atoms with Crippen LogP contribution in [0.3, 0.4) is 0 Å². The molecule has 0 aliphatic rings. The van der Waals surface area contributed by atoms with Crippen molar-refractivity contribution < 1.29 is 9.53 Å². The number of hydrogen-bond donors (Lipinski definition) is 0. The third-order valence-corrected chi connectivity index (χ3v) is 3.83. The minimum atomic E-state index is -0.322. The van der Waals surface area contributed by atoms with Crippen LogP contribution in [-0.4, -0.2) is 17.6 Å². The number of halogens is 1. The minimum Gasteiger partial charge on any atom is -0.462 e. The van der Waals surface area contributed by atoms with Crippen LogP contribution < -0.4 is 0 Å². The van der Waals surface area contributed by atoms with E-state index in [1.54, 1.807) is 13.0 Å². The number of para-hydroxylation sites is 1. The lowest BCUT2D eigenvalue weighted by molar-refractivity contribution is 0.0528. The van der Waals surface area contributed by atoms with E-state index in [9.17, 15) is 4.79 Å². The summed E-state index contributed by atoms with van der Waals surface area (Å²) in [7, 11) is 0. The molecule has 0 spiro atoms. The Bertz CT molecular complexity index is 845. The fourth-order valence-corrected chi connectivity index (χ4v) is 2.75. The second-order valence-electron chi connectivity index (χ2n) is 4.80. The Balaban J connectivity index is 2.22. The predicted molar refractivity (Wildman–Crippen MR) is 90.8 cm³/mol. The summed E-state index contributed by atoms with van der Waals surface area (Å²) >= 11 is 3.46. The molecule has 0 fully saturated rings. The van der Waals surface area contributed by atoms with Gasteiger partial charge >= 0.3 is 5.97 Å². The monoisotopic (exact) mass is 355 g/mol. The molecule has 0 aliphatic carbocycles. The lowest BCUT2D eigenvalue weighted by Gasteiger charge is -2.09. The second-order valence-corrected chi connectivity index (χ2v) is 5.72. The zero-order valence-electron chi connectivity index (χ0n) is 12.0. The number of rotatable bonds is 3. The Morgan fingerprint density at radius 2 is 1.95 bits per heavy atom. The van der Waals surface area contributed by atoms with Crippen molar-refractivity contribution in [1.82, 2.24) is 4.98 Å². The van der Waals surface area contributed by atoms with E-state index in [0.29, 0.717) is 12.2 Å². The zero-order valence-corrected chi connectivity index (χ0v) is 13.6. The van der Waals surface area contributed by atoms with E-state index < -0.39 is 0 Å². The number of nitrogens with zero attached hydrogens (tertiary/aromatic N) is 1. The first-order valence-electron chi connectivity index (χ1n) is 7.02. The number of fused-ring (bicyclic) bond motifs is 1. The van der Waals surface area contributed by atoms with Gasteiger partial charge in [0.15, 0.2) is 0 Å². The highest BCUT2D eigenvalue weighted by atomic mass is 79.9. The first kappa shape index (κ1) is 14.7. The number of ether oxygens (including phenoxy) is 1. The number of benzene rings is 2. The van der Waals surface area contributed by atoms with E-state index in [1.165, 1.54) is 0 Å². The summed E-state index contributed by atoms with van der Waals surface area (Å²) in [6.45, 7) is 2.15. The quantitative estimate of drug-likeness (QED) is 0.631. The van der Waals surface area contributed by atoms with Crippen LogP contribution >= 0.6 is 15.9 Å². The van der Waals surface area contributed by atoms with Gasteiger partial charge in [0.1, 0.15) is 0 Å².